The van der Waals surface area contributed by atoms with Gasteiger partial charge in [0.15, 0.2) is 0 Å². The molecule has 0 spiro atoms. The molecule has 124 valence electrons. The van der Waals surface area contributed by atoms with Gasteiger partial charge in [0.1, 0.15) is 12.0 Å². The van der Waals surface area contributed by atoms with E-state index in [-0.39, 0.29) is 5.92 Å². The fourth-order valence-electron chi connectivity index (χ4n) is 3.49. The number of hydrogen-bond acceptors (Lipinski definition) is 2. The Kier molecular flexibility index (Phi) is 6.77. The highest BCUT2D eigenvalue weighted by Gasteiger charge is 2.27. The molecule has 1 saturated carbocycles. The predicted molar refractivity (Wildman–Crippen MR) is 89.7 cm³/mol. The van der Waals surface area contributed by atoms with Crippen LogP contribution in [0.5, 0.6) is 0 Å². The van der Waals surface area contributed by atoms with Crippen LogP contribution >= 0.6 is 0 Å². The van der Waals surface area contributed by atoms with Gasteiger partial charge in [-0.2, -0.15) is 5.26 Å². The summed E-state index contributed by atoms with van der Waals surface area (Å²) in [6.07, 6.45) is 5.90. The Morgan fingerprint density at radius 1 is 1.26 bits per heavy atom. The van der Waals surface area contributed by atoms with E-state index >= 15 is 0 Å². The molecule has 1 aromatic carbocycles. The van der Waals surface area contributed by atoms with E-state index in [0.717, 1.165) is 37.7 Å². The minimum Gasteiger partial charge on any atom is -0.300 e. The number of benzene rings is 1. The number of Topliss-reactive ketones (excluding diaryl/α,β-unsaturated/α-hetero) is 1. The molecule has 0 amide bonds. The lowest BCUT2D eigenvalue weighted by Gasteiger charge is -2.30. The van der Waals surface area contributed by atoms with E-state index in [9.17, 15) is 9.18 Å². The maximum Gasteiger partial charge on any atom is 0.132 e. The molecule has 1 aliphatic rings. The summed E-state index contributed by atoms with van der Waals surface area (Å²) in [4.78, 5) is 11.4. The van der Waals surface area contributed by atoms with Crippen molar-refractivity contribution >= 4 is 5.78 Å². The van der Waals surface area contributed by atoms with Crippen LogP contribution < -0.4 is 0 Å². The molecule has 23 heavy (non-hydrogen) atoms. The molecule has 3 heteroatoms. The maximum absolute atomic E-state index is 14.5. The fraction of sp³-hybridized carbons (Fsp3) is 0.600. The van der Waals surface area contributed by atoms with Gasteiger partial charge in [-0.25, -0.2) is 4.39 Å². The minimum atomic E-state index is -0.804. The fourth-order valence-corrected chi connectivity index (χ4v) is 3.49. The number of halogens is 1. The number of hydrogen-bond donors (Lipinski definition) is 0. The van der Waals surface area contributed by atoms with Gasteiger partial charge < -0.3 is 0 Å². The topological polar surface area (TPSA) is 40.9 Å². The Morgan fingerprint density at radius 3 is 2.48 bits per heavy atom. The molecule has 0 radical (unpaired) electrons. The van der Waals surface area contributed by atoms with E-state index in [1.165, 1.54) is 0 Å². The van der Waals surface area contributed by atoms with Crippen molar-refractivity contribution < 1.29 is 9.18 Å². The lowest BCUT2D eigenvalue weighted by Crippen LogP contribution is -2.24. The Morgan fingerprint density at radius 2 is 1.91 bits per heavy atom. The van der Waals surface area contributed by atoms with Gasteiger partial charge in [0.05, 0.1) is 11.6 Å². The van der Waals surface area contributed by atoms with Gasteiger partial charge in [0.2, 0.25) is 0 Å². The largest absolute Gasteiger partial charge is 0.300 e. The summed E-state index contributed by atoms with van der Waals surface area (Å²) in [6, 6.07) is 9.30. The van der Waals surface area contributed by atoms with Gasteiger partial charge in [-0.3, -0.25) is 4.79 Å². The van der Waals surface area contributed by atoms with Gasteiger partial charge >= 0.3 is 0 Å². The lowest BCUT2D eigenvalue weighted by atomic mass is 9.77. The molecule has 1 aromatic rings. The van der Waals surface area contributed by atoms with E-state index < -0.39 is 6.17 Å². The summed E-state index contributed by atoms with van der Waals surface area (Å²) in [5.74, 6) is 1.09. The number of carbonyl (C=O) groups excluding carboxylic acids is 1. The van der Waals surface area contributed by atoms with Crippen LogP contribution in [0.4, 0.5) is 4.39 Å². The molecule has 0 N–H and O–H groups in total. The van der Waals surface area contributed by atoms with Gasteiger partial charge in [-0.15, -0.1) is 0 Å². The van der Waals surface area contributed by atoms with Gasteiger partial charge in [0, 0.05) is 19.3 Å². The van der Waals surface area contributed by atoms with Crippen molar-refractivity contribution in [2.24, 2.45) is 11.8 Å². The summed E-state index contributed by atoms with van der Waals surface area (Å²) in [7, 11) is 0. The highest BCUT2D eigenvalue weighted by Crippen LogP contribution is 2.35. The first-order chi connectivity index (χ1) is 11.1. The molecule has 0 aromatic heterocycles. The van der Waals surface area contributed by atoms with E-state index in [1.54, 1.807) is 12.1 Å². The number of alkyl halides is 1. The van der Waals surface area contributed by atoms with Crippen molar-refractivity contribution in [1.29, 1.82) is 5.26 Å². The predicted octanol–water partition coefficient (Wildman–Crippen LogP) is 5.00. The SMILES string of the molecule is CCC(=O)CCC1CCC(C(F)Cc2ccc(C#N)cc2)CC1. The first kappa shape index (κ1) is 17.7. The zero-order valence-electron chi connectivity index (χ0n) is 13.9. The molecule has 0 heterocycles. The van der Waals surface area contributed by atoms with Gasteiger partial charge in [-0.05, 0) is 48.8 Å². The first-order valence-electron chi connectivity index (χ1n) is 8.77. The highest BCUT2D eigenvalue weighted by atomic mass is 19.1. The third-order valence-electron chi connectivity index (χ3n) is 5.14. The highest BCUT2D eigenvalue weighted by molar-refractivity contribution is 5.77. The second-order valence-electron chi connectivity index (χ2n) is 6.74. The quantitative estimate of drug-likeness (QED) is 0.710. The number of ketones is 1. The molecular formula is C20H26FNO. The third kappa shape index (κ3) is 5.46. The maximum atomic E-state index is 14.5. The lowest BCUT2D eigenvalue weighted by molar-refractivity contribution is -0.119. The molecule has 0 saturated heterocycles. The Labute approximate surface area is 138 Å². The molecule has 1 fully saturated rings. The summed E-state index contributed by atoms with van der Waals surface area (Å²) in [5, 5.41) is 8.79. The van der Waals surface area contributed by atoms with E-state index in [2.05, 4.69) is 6.07 Å². The number of rotatable bonds is 7. The average molecular weight is 315 g/mol. The molecule has 1 aliphatic carbocycles. The molecule has 0 aliphatic heterocycles. The second kappa shape index (κ2) is 8.82. The van der Waals surface area contributed by atoms with Crippen LogP contribution in [0.2, 0.25) is 0 Å². The van der Waals surface area contributed by atoms with Crippen LogP contribution in [0.15, 0.2) is 24.3 Å². The zero-order chi connectivity index (χ0) is 16.7. The van der Waals surface area contributed by atoms with Gasteiger partial charge in [-0.1, -0.05) is 31.9 Å². The number of nitriles is 1. The minimum absolute atomic E-state index is 0.142. The van der Waals surface area contributed by atoms with Crippen molar-refractivity contribution in [2.75, 3.05) is 0 Å². The van der Waals surface area contributed by atoms with Crippen molar-refractivity contribution in [3.8, 4) is 6.07 Å². The normalized spacial score (nSPS) is 22.3. The number of nitrogens with zero attached hydrogens (tertiary/aromatic N) is 1. The van der Waals surface area contributed by atoms with Crippen molar-refractivity contribution in [2.45, 2.75) is 64.5 Å². The Bertz CT molecular complexity index is 538. The van der Waals surface area contributed by atoms with Gasteiger partial charge in [0.25, 0.3) is 0 Å². The van der Waals surface area contributed by atoms with Crippen LogP contribution in [0, 0.1) is 23.2 Å². The standard InChI is InChI=1S/C20H26FNO/c1-2-19(23)12-9-15-7-10-18(11-8-15)20(21)13-16-3-5-17(14-22)6-4-16/h3-6,15,18,20H,2,7-13H2,1H3. The molecule has 2 nitrogen and oxygen atoms in total. The van der Waals surface area contributed by atoms with Crippen LogP contribution in [0.3, 0.4) is 0 Å². The molecular weight excluding hydrogens is 289 g/mol. The molecule has 0 bridgehead atoms. The monoisotopic (exact) mass is 315 g/mol. The van der Waals surface area contributed by atoms with Crippen LogP contribution in [-0.2, 0) is 11.2 Å². The van der Waals surface area contributed by atoms with E-state index in [4.69, 9.17) is 5.26 Å². The smallest absolute Gasteiger partial charge is 0.132 e. The van der Waals surface area contributed by atoms with Crippen molar-refractivity contribution in [3.05, 3.63) is 35.4 Å². The third-order valence-corrected chi connectivity index (χ3v) is 5.14. The number of carbonyl (C=O) groups is 1. The van der Waals surface area contributed by atoms with E-state index in [1.807, 2.05) is 19.1 Å². The molecule has 1 unspecified atom stereocenters. The molecule has 1 atom stereocenters. The molecule has 2 rings (SSSR count). The summed E-state index contributed by atoms with van der Waals surface area (Å²) in [5.41, 5.74) is 1.58. The van der Waals surface area contributed by atoms with E-state index in [0.29, 0.717) is 36.5 Å². The summed E-state index contributed by atoms with van der Waals surface area (Å²) in [6.45, 7) is 1.91. The van der Waals surface area contributed by atoms with Crippen LogP contribution in [0.1, 0.15) is 63.0 Å². The van der Waals surface area contributed by atoms with Crippen molar-refractivity contribution in [1.82, 2.24) is 0 Å². The summed E-state index contributed by atoms with van der Waals surface area (Å²) >= 11 is 0. The Balaban J connectivity index is 1.75. The first-order valence-corrected chi connectivity index (χ1v) is 8.77. The summed E-state index contributed by atoms with van der Waals surface area (Å²) < 4.78 is 14.5. The van der Waals surface area contributed by atoms with Crippen LogP contribution in [0.25, 0.3) is 0 Å². The average Bonchev–Trinajstić information content (AvgIpc) is 2.60. The van der Waals surface area contributed by atoms with Crippen molar-refractivity contribution in [3.63, 3.8) is 0 Å². The Hall–Kier alpha value is -1.69. The van der Waals surface area contributed by atoms with Crippen LogP contribution in [-0.4, -0.2) is 12.0 Å². The second-order valence-corrected chi connectivity index (χ2v) is 6.74. The zero-order valence-corrected chi connectivity index (χ0v) is 13.9.